The monoisotopic (exact) mass is 388 g/mol. The Labute approximate surface area is 128 Å². The molecular weight excluding hydrogens is 376 g/mol. The van der Waals surface area contributed by atoms with Crippen molar-refractivity contribution in [2.24, 2.45) is 0 Å². The van der Waals surface area contributed by atoms with Crippen LogP contribution in [0.3, 0.4) is 0 Å². The van der Waals surface area contributed by atoms with Crippen molar-refractivity contribution in [2.75, 3.05) is 6.54 Å². The second-order valence-electron chi connectivity index (χ2n) is 3.94. The van der Waals surface area contributed by atoms with E-state index in [0.717, 1.165) is 17.4 Å². The van der Waals surface area contributed by atoms with Gasteiger partial charge in [0, 0.05) is 38.7 Å². The predicted molar refractivity (Wildman–Crippen MR) is 84.1 cm³/mol. The first-order chi connectivity index (χ1) is 8.70. The summed E-state index contributed by atoms with van der Waals surface area (Å²) in [5.74, 6) is 0. The molecule has 1 N–H and O–H groups in total. The van der Waals surface area contributed by atoms with E-state index in [1.165, 1.54) is 14.9 Å². The summed E-state index contributed by atoms with van der Waals surface area (Å²) in [6.07, 6.45) is 4.72. The van der Waals surface area contributed by atoms with Crippen LogP contribution in [0.1, 0.15) is 23.4 Å². The third-order valence-corrected chi connectivity index (χ3v) is 5.04. The smallest absolute Gasteiger partial charge is 0.0410 e. The minimum absolute atomic E-state index is 0.301. The summed E-state index contributed by atoms with van der Waals surface area (Å²) in [5, 5.41) is 5.63. The van der Waals surface area contributed by atoms with E-state index in [1.54, 1.807) is 11.3 Å². The van der Waals surface area contributed by atoms with Crippen LogP contribution in [0.2, 0.25) is 0 Å². The molecule has 2 nitrogen and oxygen atoms in total. The third kappa shape index (κ3) is 3.63. The molecule has 0 radical (unpaired) electrons. The molecule has 2 aromatic rings. The van der Waals surface area contributed by atoms with Crippen molar-refractivity contribution in [3.63, 3.8) is 0 Å². The van der Waals surface area contributed by atoms with E-state index < -0.39 is 0 Å². The van der Waals surface area contributed by atoms with Crippen molar-refractivity contribution < 1.29 is 0 Å². The third-order valence-electron chi connectivity index (χ3n) is 2.66. The van der Waals surface area contributed by atoms with Gasteiger partial charge >= 0.3 is 0 Å². The SMILES string of the molecule is CCNC(Cc1sccc1Br)c1cncc(Br)c1. The highest BCUT2D eigenvalue weighted by Gasteiger charge is 2.14. The van der Waals surface area contributed by atoms with Crippen molar-refractivity contribution in [2.45, 2.75) is 19.4 Å². The van der Waals surface area contributed by atoms with Crippen molar-refractivity contribution >= 4 is 43.2 Å². The largest absolute Gasteiger partial charge is 0.310 e. The first-order valence-corrected chi connectivity index (χ1v) is 8.23. The average molecular weight is 390 g/mol. The maximum atomic E-state index is 4.24. The Hall–Kier alpha value is -0.230. The highest BCUT2D eigenvalue weighted by Crippen LogP contribution is 2.28. The fourth-order valence-corrected chi connectivity index (χ4v) is 3.77. The average Bonchev–Trinajstić information content (AvgIpc) is 2.74. The molecule has 0 aliphatic rings. The van der Waals surface area contributed by atoms with Crippen LogP contribution in [-0.4, -0.2) is 11.5 Å². The van der Waals surface area contributed by atoms with Gasteiger partial charge in [0.15, 0.2) is 0 Å². The molecule has 1 unspecified atom stereocenters. The van der Waals surface area contributed by atoms with Gasteiger partial charge in [-0.1, -0.05) is 6.92 Å². The predicted octanol–water partition coefficient (Wildman–Crippen LogP) is 4.56. The Morgan fingerprint density at radius 1 is 1.39 bits per heavy atom. The quantitative estimate of drug-likeness (QED) is 0.810. The number of aromatic nitrogens is 1. The van der Waals surface area contributed by atoms with Gasteiger partial charge in [0.05, 0.1) is 0 Å². The van der Waals surface area contributed by atoms with E-state index in [2.05, 4.69) is 66.6 Å². The second kappa shape index (κ2) is 6.80. The number of hydrogen-bond acceptors (Lipinski definition) is 3. The molecule has 96 valence electrons. The lowest BCUT2D eigenvalue weighted by Crippen LogP contribution is -2.22. The maximum absolute atomic E-state index is 4.24. The molecule has 2 aromatic heterocycles. The molecule has 0 fully saturated rings. The summed E-state index contributed by atoms with van der Waals surface area (Å²) in [4.78, 5) is 5.61. The summed E-state index contributed by atoms with van der Waals surface area (Å²) in [6.45, 7) is 3.07. The molecule has 0 spiro atoms. The molecule has 2 rings (SSSR count). The van der Waals surface area contributed by atoms with Gasteiger partial charge in [-0.15, -0.1) is 11.3 Å². The zero-order valence-corrected chi connectivity index (χ0v) is 14.0. The Kier molecular flexibility index (Phi) is 5.36. The topological polar surface area (TPSA) is 24.9 Å². The van der Waals surface area contributed by atoms with Gasteiger partial charge in [-0.2, -0.15) is 0 Å². The molecule has 0 aliphatic carbocycles. The number of nitrogens with one attached hydrogen (secondary N) is 1. The molecule has 0 aromatic carbocycles. The molecule has 0 saturated carbocycles. The van der Waals surface area contributed by atoms with Crippen LogP contribution in [0, 0.1) is 0 Å². The Morgan fingerprint density at radius 3 is 2.83 bits per heavy atom. The lowest BCUT2D eigenvalue weighted by molar-refractivity contribution is 0.551. The zero-order valence-electron chi connectivity index (χ0n) is 9.99. The minimum Gasteiger partial charge on any atom is -0.310 e. The van der Waals surface area contributed by atoms with Gasteiger partial charge in [0.1, 0.15) is 0 Å². The van der Waals surface area contributed by atoms with Crippen LogP contribution in [0.5, 0.6) is 0 Å². The van der Waals surface area contributed by atoms with Gasteiger partial charge < -0.3 is 5.32 Å². The lowest BCUT2D eigenvalue weighted by atomic mass is 10.1. The maximum Gasteiger partial charge on any atom is 0.0410 e. The fraction of sp³-hybridized carbons (Fsp3) is 0.308. The van der Waals surface area contributed by atoms with Crippen molar-refractivity contribution in [3.05, 3.63) is 49.3 Å². The van der Waals surface area contributed by atoms with Crippen molar-refractivity contribution in [1.29, 1.82) is 0 Å². The minimum atomic E-state index is 0.301. The van der Waals surface area contributed by atoms with E-state index in [1.807, 2.05) is 12.4 Å². The first kappa shape index (κ1) is 14.2. The summed E-state index contributed by atoms with van der Waals surface area (Å²) in [7, 11) is 0. The van der Waals surface area contributed by atoms with Crippen LogP contribution in [0.25, 0.3) is 0 Å². The standard InChI is InChI=1S/C13H14Br2N2S/c1-2-17-12(6-13-11(15)3-4-18-13)9-5-10(14)8-16-7-9/h3-5,7-8,12,17H,2,6H2,1H3. The summed E-state index contributed by atoms with van der Waals surface area (Å²) in [6, 6.07) is 4.53. The van der Waals surface area contributed by atoms with Crippen molar-refractivity contribution in [1.82, 2.24) is 10.3 Å². The van der Waals surface area contributed by atoms with Gasteiger partial charge in [0.2, 0.25) is 0 Å². The number of likely N-dealkylation sites (N-methyl/N-ethyl adjacent to an activating group) is 1. The van der Waals surface area contributed by atoms with Gasteiger partial charge in [-0.05, 0) is 61.5 Å². The molecule has 0 bridgehead atoms. The lowest BCUT2D eigenvalue weighted by Gasteiger charge is -2.17. The number of pyridine rings is 1. The Morgan fingerprint density at radius 2 is 2.22 bits per heavy atom. The van der Waals surface area contributed by atoms with Gasteiger partial charge in [-0.3, -0.25) is 4.98 Å². The van der Waals surface area contributed by atoms with Crippen LogP contribution in [0.4, 0.5) is 0 Å². The van der Waals surface area contributed by atoms with Gasteiger partial charge in [-0.25, -0.2) is 0 Å². The van der Waals surface area contributed by atoms with E-state index in [4.69, 9.17) is 0 Å². The number of rotatable bonds is 5. The molecular formula is C13H14Br2N2S. The van der Waals surface area contributed by atoms with E-state index in [9.17, 15) is 0 Å². The molecule has 1 atom stereocenters. The van der Waals surface area contributed by atoms with Gasteiger partial charge in [0.25, 0.3) is 0 Å². The number of nitrogens with zero attached hydrogens (tertiary/aromatic N) is 1. The van der Waals surface area contributed by atoms with E-state index >= 15 is 0 Å². The summed E-state index contributed by atoms with van der Waals surface area (Å²) < 4.78 is 2.21. The number of hydrogen-bond donors (Lipinski definition) is 1. The zero-order chi connectivity index (χ0) is 13.0. The first-order valence-electron chi connectivity index (χ1n) is 5.76. The molecule has 18 heavy (non-hydrogen) atoms. The Balaban J connectivity index is 2.20. The molecule has 0 aliphatic heterocycles. The summed E-state index contributed by atoms with van der Waals surface area (Å²) in [5.41, 5.74) is 1.21. The van der Waals surface area contributed by atoms with Crippen molar-refractivity contribution in [3.8, 4) is 0 Å². The molecule has 5 heteroatoms. The Bertz CT molecular complexity index is 513. The molecule has 2 heterocycles. The number of thiophene rings is 1. The highest BCUT2D eigenvalue weighted by atomic mass is 79.9. The molecule has 0 amide bonds. The van der Waals surface area contributed by atoms with Crippen LogP contribution in [-0.2, 0) is 6.42 Å². The van der Waals surface area contributed by atoms with Crippen LogP contribution in [0.15, 0.2) is 38.9 Å². The second-order valence-corrected chi connectivity index (χ2v) is 6.71. The summed E-state index contributed by atoms with van der Waals surface area (Å²) >= 11 is 8.85. The van der Waals surface area contributed by atoms with Crippen LogP contribution >= 0.6 is 43.2 Å². The van der Waals surface area contributed by atoms with E-state index in [-0.39, 0.29) is 0 Å². The fourth-order valence-electron chi connectivity index (χ4n) is 1.83. The van der Waals surface area contributed by atoms with Crippen LogP contribution < -0.4 is 5.32 Å². The molecule has 0 saturated heterocycles. The number of halogens is 2. The van der Waals surface area contributed by atoms with E-state index in [0.29, 0.717) is 6.04 Å². The highest BCUT2D eigenvalue weighted by molar-refractivity contribution is 9.10. The normalized spacial score (nSPS) is 12.6.